The van der Waals surface area contributed by atoms with Crippen LogP contribution in [0.3, 0.4) is 0 Å². The molecule has 1 amide bonds. The summed E-state index contributed by atoms with van der Waals surface area (Å²) in [5, 5.41) is 13.6. The van der Waals surface area contributed by atoms with Crippen LogP contribution in [0.2, 0.25) is 0 Å². The van der Waals surface area contributed by atoms with Crippen molar-refractivity contribution in [3.8, 4) is 0 Å². The summed E-state index contributed by atoms with van der Waals surface area (Å²) in [7, 11) is 1.53. The SMILES string of the molecule is CCCCCC/C=C\CCCC(=O)NC(COP(=O)(O)OCC[N+](C)(C)C)C(O)/C=C/CC/C=C/CCCCCCCC. The van der Waals surface area contributed by atoms with E-state index >= 15 is 0 Å². The Kier molecular flexibility index (Phi) is 26.3. The number of hydrogen-bond acceptors (Lipinski definition) is 5. The summed E-state index contributed by atoms with van der Waals surface area (Å²) in [6.45, 7) is 4.67. The Hall–Kier alpha value is -1.28. The molecule has 0 heterocycles. The molecule has 0 aromatic carbocycles. The van der Waals surface area contributed by atoms with E-state index in [0.717, 1.165) is 32.1 Å². The van der Waals surface area contributed by atoms with Crippen LogP contribution in [0.1, 0.15) is 123 Å². The van der Waals surface area contributed by atoms with Crippen LogP contribution < -0.4 is 5.32 Å². The number of phosphoric acid groups is 1. The number of unbranched alkanes of at least 4 members (excludes halogenated alkanes) is 12. The molecular formula is C34H66N2O6P+. The molecule has 0 saturated carbocycles. The largest absolute Gasteiger partial charge is 0.472 e. The Labute approximate surface area is 264 Å². The van der Waals surface area contributed by atoms with Crippen molar-refractivity contribution in [3.63, 3.8) is 0 Å². The van der Waals surface area contributed by atoms with Crippen molar-refractivity contribution in [2.45, 2.75) is 135 Å². The van der Waals surface area contributed by atoms with Crippen molar-refractivity contribution < 1.29 is 32.9 Å². The maximum absolute atomic E-state index is 12.6. The number of allylic oxidation sites excluding steroid dienone is 5. The molecule has 0 aromatic rings. The Bertz CT molecular complexity index is 809. The fourth-order valence-electron chi connectivity index (χ4n) is 4.29. The molecule has 252 valence electrons. The van der Waals surface area contributed by atoms with Crippen molar-refractivity contribution in [2.75, 3.05) is 40.9 Å². The minimum atomic E-state index is -4.33. The number of nitrogens with one attached hydrogen (secondary N) is 1. The van der Waals surface area contributed by atoms with Crippen LogP contribution >= 0.6 is 7.82 Å². The highest BCUT2D eigenvalue weighted by molar-refractivity contribution is 7.47. The summed E-state index contributed by atoms with van der Waals surface area (Å²) in [6, 6.07) is -0.872. The van der Waals surface area contributed by atoms with Gasteiger partial charge >= 0.3 is 7.82 Å². The van der Waals surface area contributed by atoms with Gasteiger partial charge in [-0.15, -0.1) is 0 Å². The van der Waals surface area contributed by atoms with E-state index in [1.807, 2.05) is 27.2 Å². The highest BCUT2D eigenvalue weighted by Crippen LogP contribution is 2.43. The van der Waals surface area contributed by atoms with E-state index in [-0.39, 0.29) is 19.1 Å². The molecule has 0 rings (SSSR count). The number of nitrogens with zero attached hydrogens (tertiary/aromatic N) is 1. The van der Waals surface area contributed by atoms with Crippen LogP contribution in [0.4, 0.5) is 0 Å². The van der Waals surface area contributed by atoms with Crippen molar-refractivity contribution in [3.05, 3.63) is 36.5 Å². The number of aliphatic hydroxyl groups excluding tert-OH is 1. The zero-order chi connectivity index (χ0) is 32.2. The highest BCUT2D eigenvalue weighted by atomic mass is 31.2. The average Bonchev–Trinajstić information content (AvgIpc) is 2.94. The molecule has 0 spiro atoms. The smallest absolute Gasteiger partial charge is 0.387 e. The Morgan fingerprint density at radius 3 is 1.88 bits per heavy atom. The predicted molar refractivity (Wildman–Crippen MR) is 180 cm³/mol. The predicted octanol–water partition coefficient (Wildman–Crippen LogP) is 8.01. The van der Waals surface area contributed by atoms with Gasteiger partial charge in [0.25, 0.3) is 0 Å². The van der Waals surface area contributed by atoms with Gasteiger partial charge in [-0.25, -0.2) is 4.57 Å². The summed E-state index contributed by atoms with van der Waals surface area (Å²) in [5.41, 5.74) is 0. The van der Waals surface area contributed by atoms with E-state index in [1.54, 1.807) is 6.08 Å². The molecule has 0 aliphatic rings. The van der Waals surface area contributed by atoms with Gasteiger partial charge in [-0.2, -0.15) is 0 Å². The lowest BCUT2D eigenvalue weighted by molar-refractivity contribution is -0.870. The third-order valence-corrected chi connectivity index (χ3v) is 8.07. The van der Waals surface area contributed by atoms with Crippen molar-refractivity contribution in [1.82, 2.24) is 5.32 Å². The second-order valence-corrected chi connectivity index (χ2v) is 14.0. The Morgan fingerprint density at radius 1 is 0.767 bits per heavy atom. The summed E-state index contributed by atoms with van der Waals surface area (Å²) in [4.78, 5) is 22.8. The van der Waals surface area contributed by atoms with E-state index in [0.29, 0.717) is 23.9 Å². The number of hydrogen-bond donors (Lipinski definition) is 3. The summed E-state index contributed by atoms with van der Waals surface area (Å²) in [6.07, 6.45) is 29.4. The number of phosphoric ester groups is 1. The first-order valence-electron chi connectivity index (χ1n) is 16.9. The molecule has 0 radical (unpaired) electrons. The molecule has 0 aliphatic carbocycles. The molecule has 3 N–H and O–H groups in total. The van der Waals surface area contributed by atoms with Crippen molar-refractivity contribution in [1.29, 1.82) is 0 Å². The summed E-state index contributed by atoms with van der Waals surface area (Å²) >= 11 is 0. The number of quaternary nitrogens is 1. The summed E-state index contributed by atoms with van der Waals surface area (Å²) < 4.78 is 23.3. The lowest BCUT2D eigenvalue weighted by Crippen LogP contribution is -2.45. The van der Waals surface area contributed by atoms with Gasteiger partial charge in [-0.05, 0) is 51.4 Å². The first-order chi connectivity index (χ1) is 20.5. The Morgan fingerprint density at radius 2 is 1.28 bits per heavy atom. The zero-order valence-electron chi connectivity index (χ0n) is 28.2. The van der Waals surface area contributed by atoms with Gasteiger partial charge in [0.15, 0.2) is 0 Å². The number of likely N-dealkylation sites (N-methyl/N-ethyl adjacent to an activating group) is 1. The quantitative estimate of drug-likeness (QED) is 0.0335. The van der Waals surface area contributed by atoms with Crippen LogP contribution in [0.25, 0.3) is 0 Å². The maximum Gasteiger partial charge on any atom is 0.472 e. The summed E-state index contributed by atoms with van der Waals surface area (Å²) in [5.74, 6) is -0.228. The topological polar surface area (TPSA) is 105 Å². The minimum Gasteiger partial charge on any atom is -0.387 e. The molecule has 0 aliphatic heterocycles. The monoisotopic (exact) mass is 629 g/mol. The first kappa shape index (κ1) is 41.7. The van der Waals surface area contributed by atoms with E-state index in [9.17, 15) is 19.4 Å². The van der Waals surface area contributed by atoms with E-state index < -0.39 is 20.0 Å². The van der Waals surface area contributed by atoms with E-state index in [4.69, 9.17) is 9.05 Å². The van der Waals surface area contributed by atoms with Gasteiger partial charge in [0.1, 0.15) is 13.2 Å². The molecular weight excluding hydrogens is 563 g/mol. The molecule has 9 heteroatoms. The molecule has 3 atom stereocenters. The number of aliphatic hydroxyl groups is 1. The van der Waals surface area contributed by atoms with E-state index in [2.05, 4.69) is 43.5 Å². The lowest BCUT2D eigenvalue weighted by Gasteiger charge is -2.25. The second-order valence-electron chi connectivity index (χ2n) is 12.5. The molecule has 43 heavy (non-hydrogen) atoms. The highest BCUT2D eigenvalue weighted by Gasteiger charge is 2.27. The van der Waals surface area contributed by atoms with Gasteiger partial charge in [0, 0.05) is 6.42 Å². The minimum absolute atomic E-state index is 0.0508. The third-order valence-electron chi connectivity index (χ3n) is 7.08. The number of carbonyl (C=O) groups excluding carboxylic acids is 1. The second kappa shape index (κ2) is 27.1. The number of rotatable bonds is 29. The van der Waals surface area contributed by atoms with Gasteiger partial charge in [0.05, 0.1) is 39.9 Å². The number of carbonyl (C=O) groups is 1. The third kappa shape index (κ3) is 29.2. The van der Waals surface area contributed by atoms with Gasteiger partial charge < -0.3 is 19.8 Å². The van der Waals surface area contributed by atoms with Crippen LogP contribution in [0.15, 0.2) is 36.5 Å². The Balaban J connectivity index is 4.74. The molecule has 3 unspecified atom stereocenters. The van der Waals surface area contributed by atoms with Crippen molar-refractivity contribution >= 4 is 13.7 Å². The molecule has 8 nitrogen and oxygen atoms in total. The first-order valence-corrected chi connectivity index (χ1v) is 18.4. The average molecular weight is 630 g/mol. The fourth-order valence-corrected chi connectivity index (χ4v) is 5.03. The lowest BCUT2D eigenvalue weighted by atomic mass is 10.1. The van der Waals surface area contributed by atoms with Gasteiger partial charge in [-0.1, -0.05) is 102 Å². The zero-order valence-corrected chi connectivity index (χ0v) is 29.1. The van der Waals surface area contributed by atoms with Gasteiger partial charge in [0.2, 0.25) is 5.91 Å². The van der Waals surface area contributed by atoms with E-state index in [1.165, 1.54) is 64.2 Å². The van der Waals surface area contributed by atoms with Gasteiger partial charge in [-0.3, -0.25) is 13.8 Å². The molecule has 0 fully saturated rings. The van der Waals surface area contributed by atoms with Crippen LogP contribution in [-0.2, 0) is 18.4 Å². The standard InChI is InChI=1S/C34H65N2O6P/c1-6-8-10-12-14-16-17-18-20-21-23-25-27-33(37)32(31-42-43(39,40)41-30-29-36(3,4)5)35-34(38)28-26-24-22-19-15-13-11-9-7-2/h18-20,22,25,27,32-33,37H,6-17,21,23-24,26,28-31H2,1-5H3,(H-,35,38,39,40)/p+1/b20-18+,22-19-,27-25+. The molecule has 0 saturated heterocycles. The van der Waals surface area contributed by atoms with Crippen LogP contribution in [-0.4, -0.2) is 73.4 Å². The van der Waals surface area contributed by atoms with Crippen LogP contribution in [0, 0.1) is 0 Å². The van der Waals surface area contributed by atoms with Crippen LogP contribution in [0.5, 0.6) is 0 Å². The normalized spacial score (nSPS) is 15.4. The maximum atomic E-state index is 12.6. The van der Waals surface area contributed by atoms with Crippen molar-refractivity contribution in [2.24, 2.45) is 0 Å². The number of amides is 1. The fraction of sp³-hybridized carbons (Fsp3) is 0.794. The molecule has 0 bridgehead atoms. The molecule has 0 aromatic heterocycles.